The van der Waals surface area contributed by atoms with Gasteiger partial charge >= 0.3 is 6.03 Å². The van der Waals surface area contributed by atoms with Gasteiger partial charge in [-0.3, -0.25) is 19.4 Å². The van der Waals surface area contributed by atoms with E-state index in [4.69, 9.17) is 35.4 Å². The Hall–Kier alpha value is -2.68. The fraction of sp³-hybridized carbons (Fsp3) is 0.238. The van der Waals surface area contributed by atoms with Crippen LogP contribution in [-0.2, 0) is 9.59 Å². The molecule has 0 saturated carbocycles. The van der Waals surface area contributed by atoms with E-state index in [1.807, 2.05) is 0 Å². The number of urea groups is 1. The molecule has 10 heteroatoms. The van der Waals surface area contributed by atoms with E-state index in [1.54, 1.807) is 48.5 Å². The van der Waals surface area contributed by atoms with Gasteiger partial charge in [0.15, 0.2) is 10.5 Å². The molecule has 4 rings (SSSR count). The van der Waals surface area contributed by atoms with Crippen molar-refractivity contribution in [1.82, 2.24) is 20.4 Å². The Labute approximate surface area is 194 Å². The molecule has 2 atom stereocenters. The number of rotatable bonds is 2. The van der Waals surface area contributed by atoms with Crippen molar-refractivity contribution in [3.8, 4) is 0 Å². The molecule has 2 aromatic rings. The summed E-state index contributed by atoms with van der Waals surface area (Å²) in [4.78, 5) is 42.0. The minimum absolute atomic E-state index is 0.225. The molecule has 7 nitrogen and oxygen atoms in total. The molecule has 0 bridgehead atoms. The predicted octanol–water partition coefficient (Wildman–Crippen LogP) is 3.29. The van der Waals surface area contributed by atoms with E-state index in [-0.39, 0.29) is 5.11 Å². The van der Waals surface area contributed by atoms with Gasteiger partial charge in [-0.1, -0.05) is 59.6 Å². The molecular formula is C21H18Cl2N4O3S. The lowest BCUT2D eigenvalue weighted by Gasteiger charge is -2.53. The summed E-state index contributed by atoms with van der Waals surface area (Å²) < 4.78 is 0. The second-order valence-corrected chi connectivity index (χ2v) is 8.63. The number of halogens is 2. The molecule has 160 valence electrons. The fourth-order valence-electron chi connectivity index (χ4n) is 4.30. The summed E-state index contributed by atoms with van der Waals surface area (Å²) in [7, 11) is 2.69. The zero-order valence-corrected chi connectivity index (χ0v) is 18.9. The van der Waals surface area contributed by atoms with E-state index in [0.29, 0.717) is 21.2 Å². The highest BCUT2D eigenvalue weighted by Crippen LogP contribution is 2.52. The highest BCUT2D eigenvalue weighted by Gasteiger charge is 2.67. The number of barbiturate groups is 1. The molecule has 2 heterocycles. The van der Waals surface area contributed by atoms with Crippen molar-refractivity contribution >= 4 is 58.4 Å². The van der Waals surface area contributed by atoms with Crippen LogP contribution in [-0.4, -0.2) is 46.9 Å². The smallest absolute Gasteiger partial charge is 0.332 e. The van der Waals surface area contributed by atoms with Crippen LogP contribution in [0.4, 0.5) is 4.79 Å². The second kappa shape index (κ2) is 7.78. The number of benzene rings is 2. The Morgan fingerprint density at radius 1 is 0.806 bits per heavy atom. The largest absolute Gasteiger partial charge is 0.354 e. The fourth-order valence-corrected chi connectivity index (χ4v) is 5.03. The van der Waals surface area contributed by atoms with Gasteiger partial charge in [0.25, 0.3) is 11.8 Å². The zero-order chi connectivity index (χ0) is 22.5. The summed E-state index contributed by atoms with van der Waals surface area (Å²) in [5.74, 6) is -1.36. The Balaban J connectivity index is 2.06. The van der Waals surface area contributed by atoms with Crippen molar-refractivity contribution in [3.63, 3.8) is 0 Å². The molecule has 2 aliphatic heterocycles. The molecular weight excluding hydrogens is 459 g/mol. The van der Waals surface area contributed by atoms with Crippen LogP contribution in [0, 0.1) is 5.41 Å². The van der Waals surface area contributed by atoms with Crippen LogP contribution < -0.4 is 10.6 Å². The number of thiocarbonyl (C=S) groups is 1. The van der Waals surface area contributed by atoms with Crippen LogP contribution in [0.15, 0.2) is 48.5 Å². The van der Waals surface area contributed by atoms with E-state index in [9.17, 15) is 14.4 Å². The molecule has 1 spiro atoms. The van der Waals surface area contributed by atoms with Crippen LogP contribution in [0.3, 0.4) is 0 Å². The minimum Gasteiger partial charge on any atom is -0.354 e. The van der Waals surface area contributed by atoms with Crippen LogP contribution in [0.2, 0.25) is 10.0 Å². The third kappa shape index (κ3) is 3.09. The number of nitrogens with one attached hydrogen (secondary N) is 2. The monoisotopic (exact) mass is 476 g/mol. The Morgan fingerprint density at radius 3 is 1.58 bits per heavy atom. The highest BCUT2D eigenvalue weighted by molar-refractivity contribution is 7.80. The molecule has 0 aliphatic carbocycles. The molecule has 2 fully saturated rings. The van der Waals surface area contributed by atoms with Gasteiger partial charge in [-0.2, -0.15) is 0 Å². The molecule has 2 aliphatic rings. The maximum absolute atomic E-state index is 13.8. The number of carbonyl (C=O) groups is 3. The number of amides is 4. The lowest BCUT2D eigenvalue weighted by atomic mass is 9.65. The first-order valence-electron chi connectivity index (χ1n) is 9.37. The van der Waals surface area contributed by atoms with Crippen molar-refractivity contribution in [2.24, 2.45) is 5.41 Å². The quantitative estimate of drug-likeness (QED) is 0.511. The maximum Gasteiger partial charge on any atom is 0.332 e. The predicted molar refractivity (Wildman–Crippen MR) is 121 cm³/mol. The summed E-state index contributed by atoms with van der Waals surface area (Å²) in [5, 5.41) is 7.04. The van der Waals surface area contributed by atoms with Crippen LogP contribution >= 0.6 is 35.4 Å². The number of hydrogen-bond donors (Lipinski definition) is 2. The molecule has 2 saturated heterocycles. The Kier molecular flexibility index (Phi) is 5.41. The Bertz CT molecular complexity index is 1040. The van der Waals surface area contributed by atoms with Crippen LogP contribution in [0.5, 0.6) is 0 Å². The topological polar surface area (TPSA) is 81.8 Å². The van der Waals surface area contributed by atoms with Gasteiger partial charge in [-0.15, -0.1) is 0 Å². The summed E-state index contributed by atoms with van der Waals surface area (Å²) in [6, 6.07) is 11.1. The van der Waals surface area contributed by atoms with Crippen molar-refractivity contribution in [1.29, 1.82) is 0 Å². The van der Waals surface area contributed by atoms with E-state index in [2.05, 4.69) is 10.6 Å². The Morgan fingerprint density at radius 2 is 1.19 bits per heavy atom. The van der Waals surface area contributed by atoms with Crippen molar-refractivity contribution in [3.05, 3.63) is 69.7 Å². The summed E-state index contributed by atoms with van der Waals surface area (Å²) in [6.45, 7) is 0. The third-order valence-corrected chi connectivity index (χ3v) is 6.71. The average molecular weight is 477 g/mol. The molecule has 0 aromatic heterocycles. The van der Waals surface area contributed by atoms with Gasteiger partial charge in [0.2, 0.25) is 0 Å². The molecule has 2 unspecified atom stereocenters. The first kappa shape index (κ1) is 21.5. The van der Waals surface area contributed by atoms with E-state index < -0.39 is 35.3 Å². The number of carbonyl (C=O) groups excluding carboxylic acids is 3. The first-order valence-corrected chi connectivity index (χ1v) is 10.5. The molecule has 4 amide bonds. The average Bonchev–Trinajstić information content (AvgIpc) is 2.76. The lowest BCUT2D eigenvalue weighted by molar-refractivity contribution is -0.163. The lowest BCUT2D eigenvalue weighted by Crippen LogP contribution is -2.73. The number of hydrogen-bond acceptors (Lipinski definition) is 4. The summed E-state index contributed by atoms with van der Waals surface area (Å²) in [6.07, 6.45) is 0. The number of nitrogens with zero attached hydrogens (tertiary/aromatic N) is 2. The molecule has 31 heavy (non-hydrogen) atoms. The summed E-state index contributed by atoms with van der Waals surface area (Å²) in [5.41, 5.74) is -0.818. The van der Waals surface area contributed by atoms with Crippen molar-refractivity contribution < 1.29 is 14.4 Å². The van der Waals surface area contributed by atoms with E-state index in [1.165, 1.54) is 14.1 Å². The van der Waals surface area contributed by atoms with Gasteiger partial charge in [0, 0.05) is 24.1 Å². The van der Waals surface area contributed by atoms with Gasteiger partial charge in [0.1, 0.15) is 0 Å². The zero-order valence-electron chi connectivity index (χ0n) is 16.6. The van der Waals surface area contributed by atoms with Crippen molar-refractivity contribution in [2.75, 3.05) is 14.1 Å². The highest BCUT2D eigenvalue weighted by atomic mass is 35.5. The normalized spacial score (nSPS) is 23.1. The minimum atomic E-state index is -1.82. The van der Waals surface area contributed by atoms with Gasteiger partial charge in [-0.25, -0.2) is 4.79 Å². The SMILES string of the molecule is CN1C(=O)N(C)C(=O)C2(C1=O)C(c1ccccc1Cl)NC(=S)NC2c1ccccc1Cl. The number of imide groups is 2. The third-order valence-electron chi connectivity index (χ3n) is 5.78. The van der Waals surface area contributed by atoms with E-state index in [0.717, 1.165) is 9.80 Å². The molecule has 0 radical (unpaired) electrons. The molecule has 2 aromatic carbocycles. The van der Waals surface area contributed by atoms with Gasteiger partial charge in [-0.05, 0) is 35.5 Å². The van der Waals surface area contributed by atoms with E-state index >= 15 is 0 Å². The van der Waals surface area contributed by atoms with Crippen molar-refractivity contribution in [2.45, 2.75) is 12.1 Å². The van der Waals surface area contributed by atoms with Gasteiger partial charge in [0.05, 0.1) is 12.1 Å². The van der Waals surface area contributed by atoms with Gasteiger partial charge < -0.3 is 10.6 Å². The van der Waals surface area contributed by atoms with Crippen LogP contribution in [0.25, 0.3) is 0 Å². The molecule has 2 N–H and O–H groups in total. The maximum atomic E-state index is 13.8. The van der Waals surface area contributed by atoms with Crippen LogP contribution in [0.1, 0.15) is 23.2 Å². The summed E-state index contributed by atoms with van der Waals surface area (Å²) >= 11 is 18.4. The standard InChI is InChI=1S/C21H18Cl2N4O3S/c1-26-17(28)21(18(29)27(2)20(26)30)15(11-7-3-5-9-13(11)22)24-19(31)25-16(21)12-8-4-6-10-14(12)23/h3-10,15-16H,1-2H3,(H2,24,25,31). The first-order chi connectivity index (χ1) is 14.7. The second-order valence-electron chi connectivity index (χ2n) is 7.41.